The molecule has 190 valence electrons. The van der Waals surface area contributed by atoms with E-state index in [2.05, 4.69) is 11.9 Å². The fourth-order valence-electron chi connectivity index (χ4n) is 4.17. The second-order valence-corrected chi connectivity index (χ2v) is 8.69. The number of carbonyl (C=O) groups excluding carboxylic acids is 2. The van der Waals surface area contributed by atoms with Crippen molar-refractivity contribution < 1.29 is 14.3 Å². The molecule has 37 heavy (non-hydrogen) atoms. The summed E-state index contributed by atoms with van der Waals surface area (Å²) in [6.45, 7) is 6.24. The Bertz CT molecular complexity index is 1610. The molecule has 0 bridgehead atoms. The molecule has 0 aliphatic rings. The standard InChI is InChI=1S/C29H30N4O4/c1-4-6-10-17-32-26-22(28(35)33-18-11-12-20(3)25(33)31-26)19-23(29(36)37-5-2)27(32)30-24(34)16-15-21-13-8-7-9-14-21/h7-9,11-16,18-19H,4-6,10,17H2,1-3H3/b16-15+,30-27?. The number of unbranched alkanes of at least 4 members (excludes halogenated alkanes) is 2. The zero-order valence-electron chi connectivity index (χ0n) is 21.3. The van der Waals surface area contributed by atoms with Gasteiger partial charge >= 0.3 is 5.97 Å². The molecule has 0 radical (unpaired) electrons. The number of carbonyl (C=O) groups is 2. The van der Waals surface area contributed by atoms with E-state index in [1.165, 1.54) is 16.5 Å². The van der Waals surface area contributed by atoms with Crippen molar-refractivity contribution >= 4 is 34.6 Å². The van der Waals surface area contributed by atoms with E-state index in [4.69, 9.17) is 9.72 Å². The number of nitrogens with zero attached hydrogens (tertiary/aromatic N) is 4. The SMILES string of the molecule is CCCCCn1c(=NC(=O)/C=C/c2ccccc2)c(C(=O)OCC)cc2c(=O)n3cccc(C)c3nc21. The third-order valence-electron chi connectivity index (χ3n) is 6.02. The van der Waals surface area contributed by atoms with Gasteiger partial charge in [-0.2, -0.15) is 4.99 Å². The van der Waals surface area contributed by atoms with Gasteiger partial charge in [-0.15, -0.1) is 0 Å². The summed E-state index contributed by atoms with van der Waals surface area (Å²) in [7, 11) is 0. The Kier molecular flexibility index (Phi) is 8.08. The summed E-state index contributed by atoms with van der Waals surface area (Å²) >= 11 is 0. The van der Waals surface area contributed by atoms with Crippen LogP contribution >= 0.6 is 0 Å². The van der Waals surface area contributed by atoms with Crippen LogP contribution in [0.25, 0.3) is 22.8 Å². The van der Waals surface area contributed by atoms with Gasteiger partial charge in [0, 0.05) is 18.8 Å². The number of hydrogen-bond acceptors (Lipinski definition) is 5. The number of hydrogen-bond donors (Lipinski definition) is 0. The molecule has 0 spiro atoms. The number of benzene rings is 1. The van der Waals surface area contributed by atoms with Gasteiger partial charge in [-0.3, -0.25) is 14.0 Å². The van der Waals surface area contributed by atoms with E-state index in [1.54, 1.807) is 29.8 Å². The normalized spacial score (nSPS) is 12.0. The molecule has 4 aromatic rings. The Hall–Kier alpha value is -4.33. The maximum absolute atomic E-state index is 13.5. The quantitative estimate of drug-likeness (QED) is 0.155. The van der Waals surface area contributed by atoms with Gasteiger partial charge in [0.1, 0.15) is 16.9 Å². The van der Waals surface area contributed by atoms with E-state index in [9.17, 15) is 14.4 Å². The fraction of sp³-hybridized carbons (Fsp3) is 0.276. The molecule has 1 aromatic carbocycles. The first-order chi connectivity index (χ1) is 17.9. The first-order valence-corrected chi connectivity index (χ1v) is 12.5. The summed E-state index contributed by atoms with van der Waals surface area (Å²) in [6.07, 6.45) is 7.33. The van der Waals surface area contributed by atoms with Crippen molar-refractivity contribution in [2.45, 2.75) is 46.6 Å². The van der Waals surface area contributed by atoms with Crippen molar-refractivity contribution in [3.63, 3.8) is 0 Å². The topological polar surface area (TPSA) is 95.0 Å². The molecular formula is C29H30N4O4. The molecule has 0 saturated heterocycles. The Labute approximate surface area is 214 Å². The average molecular weight is 499 g/mol. The minimum Gasteiger partial charge on any atom is -0.462 e. The molecule has 4 rings (SSSR count). The number of rotatable bonds is 8. The predicted molar refractivity (Wildman–Crippen MR) is 143 cm³/mol. The van der Waals surface area contributed by atoms with Crippen LogP contribution in [0.1, 0.15) is 54.6 Å². The highest BCUT2D eigenvalue weighted by atomic mass is 16.5. The van der Waals surface area contributed by atoms with E-state index in [1.807, 2.05) is 43.3 Å². The van der Waals surface area contributed by atoms with Crippen LogP contribution in [0.2, 0.25) is 0 Å². The molecule has 0 N–H and O–H groups in total. The fourth-order valence-corrected chi connectivity index (χ4v) is 4.17. The van der Waals surface area contributed by atoms with Gasteiger partial charge in [-0.25, -0.2) is 9.78 Å². The van der Waals surface area contributed by atoms with Gasteiger partial charge in [0.05, 0.1) is 12.0 Å². The molecule has 0 fully saturated rings. The first-order valence-electron chi connectivity index (χ1n) is 12.5. The summed E-state index contributed by atoms with van der Waals surface area (Å²) in [5.74, 6) is -1.19. The highest BCUT2D eigenvalue weighted by Gasteiger charge is 2.20. The van der Waals surface area contributed by atoms with Gasteiger partial charge in [0.25, 0.3) is 11.5 Å². The van der Waals surface area contributed by atoms with Crippen molar-refractivity contribution in [1.82, 2.24) is 14.0 Å². The number of pyridine rings is 2. The van der Waals surface area contributed by atoms with E-state index in [0.29, 0.717) is 17.8 Å². The van der Waals surface area contributed by atoms with Crippen molar-refractivity contribution in [3.8, 4) is 0 Å². The summed E-state index contributed by atoms with van der Waals surface area (Å²) in [5.41, 5.74) is 2.45. The molecule has 0 saturated carbocycles. The maximum atomic E-state index is 13.5. The number of aryl methyl sites for hydroxylation is 2. The lowest BCUT2D eigenvalue weighted by molar-refractivity contribution is -0.113. The Morgan fingerprint density at radius 3 is 2.57 bits per heavy atom. The van der Waals surface area contributed by atoms with Crippen LogP contribution in [-0.2, 0) is 16.1 Å². The molecule has 0 aliphatic heterocycles. The summed E-state index contributed by atoms with van der Waals surface area (Å²) < 4.78 is 8.46. The van der Waals surface area contributed by atoms with Crippen LogP contribution in [0.5, 0.6) is 0 Å². The summed E-state index contributed by atoms with van der Waals surface area (Å²) in [5, 5.41) is 0.258. The maximum Gasteiger partial charge on any atom is 0.341 e. The second-order valence-electron chi connectivity index (χ2n) is 8.69. The van der Waals surface area contributed by atoms with Crippen LogP contribution in [0, 0.1) is 6.92 Å². The first kappa shape index (κ1) is 25.8. The van der Waals surface area contributed by atoms with Gasteiger partial charge in [0.15, 0.2) is 5.49 Å². The zero-order valence-corrected chi connectivity index (χ0v) is 21.3. The molecule has 8 nitrogen and oxygen atoms in total. The van der Waals surface area contributed by atoms with Crippen LogP contribution in [0.15, 0.2) is 70.6 Å². The van der Waals surface area contributed by atoms with Gasteiger partial charge in [-0.1, -0.05) is 56.2 Å². The predicted octanol–water partition coefficient (Wildman–Crippen LogP) is 4.47. The molecule has 3 heterocycles. The molecule has 1 amide bonds. The largest absolute Gasteiger partial charge is 0.462 e. The van der Waals surface area contributed by atoms with Crippen molar-refractivity contribution in [2.75, 3.05) is 6.61 Å². The van der Waals surface area contributed by atoms with E-state index >= 15 is 0 Å². The number of aromatic nitrogens is 3. The van der Waals surface area contributed by atoms with Crippen molar-refractivity contribution in [3.05, 3.63) is 93.3 Å². The molecule has 8 heteroatoms. The van der Waals surface area contributed by atoms with Crippen molar-refractivity contribution in [1.29, 1.82) is 0 Å². The molecule has 0 unspecified atom stereocenters. The number of fused-ring (bicyclic) bond motifs is 2. The number of ether oxygens (including phenoxy) is 1. The van der Waals surface area contributed by atoms with Gasteiger partial charge in [0.2, 0.25) is 0 Å². The minimum absolute atomic E-state index is 0.0545. The van der Waals surface area contributed by atoms with Crippen LogP contribution < -0.4 is 11.0 Å². The third-order valence-corrected chi connectivity index (χ3v) is 6.02. The van der Waals surface area contributed by atoms with Gasteiger partial charge in [-0.05, 0) is 49.6 Å². The lowest BCUT2D eigenvalue weighted by Crippen LogP contribution is -2.32. The lowest BCUT2D eigenvalue weighted by atomic mass is 10.2. The highest BCUT2D eigenvalue weighted by Crippen LogP contribution is 2.14. The molecule has 0 atom stereocenters. The molecule has 0 aliphatic carbocycles. The summed E-state index contributed by atoms with van der Waals surface area (Å²) in [6, 6.07) is 14.5. The van der Waals surface area contributed by atoms with Crippen LogP contribution in [-0.4, -0.2) is 32.4 Å². The van der Waals surface area contributed by atoms with E-state index < -0.39 is 11.9 Å². The average Bonchev–Trinajstić information content (AvgIpc) is 2.90. The lowest BCUT2D eigenvalue weighted by Gasteiger charge is -2.15. The summed E-state index contributed by atoms with van der Waals surface area (Å²) in [4.78, 5) is 48.6. The van der Waals surface area contributed by atoms with Crippen LogP contribution in [0.4, 0.5) is 0 Å². The number of amides is 1. The van der Waals surface area contributed by atoms with Crippen molar-refractivity contribution in [2.24, 2.45) is 4.99 Å². The van der Waals surface area contributed by atoms with E-state index in [0.717, 1.165) is 30.4 Å². The Balaban J connectivity index is 2.02. The Morgan fingerprint density at radius 2 is 1.84 bits per heavy atom. The smallest absolute Gasteiger partial charge is 0.341 e. The second kappa shape index (κ2) is 11.6. The Morgan fingerprint density at radius 1 is 1.05 bits per heavy atom. The van der Waals surface area contributed by atoms with Gasteiger partial charge < -0.3 is 9.30 Å². The molecule has 3 aromatic heterocycles. The minimum atomic E-state index is -0.652. The monoisotopic (exact) mass is 498 g/mol. The zero-order chi connectivity index (χ0) is 26.4. The third kappa shape index (κ3) is 5.58. The number of esters is 1. The highest BCUT2D eigenvalue weighted by molar-refractivity contribution is 5.96. The molecular weight excluding hydrogens is 468 g/mol. The van der Waals surface area contributed by atoms with Crippen LogP contribution in [0.3, 0.4) is 0 Å². The van der Waals surface area contributed by atoms with E-state index in [-0.39, 0.29) is 28.6 Å².